The van der Waals surface area contributed by atoms with Crippen LogP contribution in [0.2, 0.25) is 11.5 Å². The first-order chi connectivity index (χ1) is 12.3. The van der Waals surface area contributed by atoms with Gasteiger partial charge < -0.3 is 15.3 Å². The summed E-state index contributed by atoms with van der Waals surface area (Å²) in [5, 5.41) is 21.2. The van der Waals surface area contributed by atoms with Crippen LogP contribution in [0.1, 0.15) is 67.2 Å². The molecule has 1 aliphatic rings. The van der Waals surface area contributed by atoms with Gasteiger partial charge in [0.05, 0.1) is 18.3 Å². The number of alkyl halides is 3. The van der Waals surface area contributed by atoms with Crippen molar-refractivity contribution in [3.8, 4) is 0 Å². The van der Waals surface area contributed by atoms with Gasteiger partial charge in [0.1, 0.15) is 0 Å². The maximum Gasteiger partial charge on any atom is 0 e. The molecule has 0 spiro atoms. The van der Waals surface area contributed by atoms with Crippen molar-refractivity contribution in [3.63, 3.8) is 0 Å². The summed E-state index contributed by atoms with van der Waals surface area (Å²) >= 11 is -2.59. The molecule has 0 heterocycles. The van der Waals surface area contributed by atoms with Crippen LogP contribution in [0.3, 0.4) is 0 Å². The van der Waals surface area contributed by atoms with E-state index in [1.807, 2.05) is 32.9 Å². The van der Waals surface area contributed by atoms with E-state index < -0.39 is 19.4 Å². The van der Waals surface area contributed by atoms with Gasteiger partial charge in [0.25, 0.3) is 0 Å². The standard InChI is InChI=1S/C5H5.3C4H10O.C3H6F3Ge.Zr/c1-2-4-5-3-1;3*1-3-4(2)5;1-7(2)3(4,5)6;/h1-3H,4H2;3*4-5H,3H2,1-2H3;1-2H3;/q-1;;;;;. The Balaban J connectivity index is -0.0000000786. The van der Waals surface area contributed by atoms with Crippen LogP contribution in [-0.4, -0.2) is 53.0 Å². The molecule has 169 valence electrons. The third-order valence-electron chi connectivity index (χ3n) is 2.93. The van der Waals surface area contributed by atoms with Gasteiger partial charge in [0.2, 0.25) is 0 Å². The van der Waals surface area contributed by atoms with Crippen molar-refractivity contribution in [3.05, 3.63) is 24.3 Å². The molecule has 0 fully saturated rings. The summed E-state index contributed by atoms with van der Waals surface area (Å²) in [6.45, 7) is 11.2. The van der Waals surface area contributed by atoms with E-state index in [4.69, 9.17) is 15.3 Å². The van der Waals surface area contributed by atoms with E-state index in [-0.39, 0.29) is 44.5 Å². The Morgan fingerprint density at radius 2 is 1.14 bits per heavy atom. The van der Waals surface area contributed by atoms with Crippen molar-refractivity contribution in [1.29, 1.82) is 0 Å². The minimum atomic E-state index is -3.83. The van der Waals surface area contributed by atoms with E-state index in [9.17, 15) is 13.2 Å². The maximum atomic E-state index is 11.3. The number of rotatable bonds is 3. The molecule has 1 aliphatic carbocycles. The Morgan fingerprint density at radius 1 is 0.893 bits per heavy atom. The summed E-state index contributed by atoms with van der Waals surface area (Å²) in [5.74, 6) is 2.58. The minimum absolute atomic E-state index is 0. The summed E-state index contributed by atoms with van der Waals surface area (Å²) in [7, 11) is 0. The van der Waals surface area contributed by atoms with Gasteiger partial charge in [-0.3, -0.25) is 6.08 Å². The molecule has 8 heteroatoms. The zero-order valence-corrected chi connectivity index (χ0v) is 23.3. The number of hydrogen-bond acceptors (Lipinski definition) is 3. The first-order valence-corrected chi connectivity index (χ1v) is 14.6. The number of aliphatic hydroxyl groups is 3. The van der Waals surface area contributed by atoms with Gasteiger partial charge in [-0.05, 0) is 40.0 Å². The molecule has 0 amide bonds. The normalized spacial score (nSPS) is 14.4. The smallest absolute Gasteiger partial charge is 0 e. The zero-order valence-electron chi connectivity index (χ0n) is 18.8. The second-order valence-electron chi connectivity index (χ2n) is 6.27. The van der Waals surface area contributed by atoms with Crippen LogP contribution in [0.15, 0.2) is 18.2 Å². The molecule has 0 bridgehead atoms. The molecule has 28 heavy (non-hydrogen) atoms. The maximum absolute atomic E-state index is 11.3. The first-order valence-electron chi connectivity index (χ1n) is 9.39. The average Bonchev–Trinajstić information content (AvgIpc) is 3.15. The SMILES string of the molecule is CCC(C)O.CCC(C)O.CCC(C)O.[C-]1=CC=CC1.[CH3][Ge]([CH3])[C](F)(F)F.[Zr]. The number of halogens is 3. The summed E-state index contributed by atoms with van der Waals surface area (Å²) in [5.41, 5.74) is 0. The third kappa shape index (κ3) is 56.3. The fourth-order valence-electron chi connectivity index (χ4n) is 0.340. The van der Waals surface area contributed by atoms with Crippen LogP contribution in [0.5, 0.6) is 0 Å². The molecule has 0 aromatic carbocycles. The molecule has 0 aromatic heterocycles. The van der Waals surface area contributed by atoms with Gasteiger partial charge >= 0.3 is 44.0 Å². The quantitative estimate of drug-likeness (QED) is 0.323. The molecule has 3 atom stereocenters. The van der Waals surface area contributed by atoms with E-state index in [1.165, 1.54) is 11.5 Å². The molecule has 0 saturated carbocycles. The fraction of sp³-hybridized carbons (Fsp3) is 0.800. The van der Waals surface area contributed by atoms with Crippen molar-refractivity contribution in [2.24, 2.45) is 0 Å². The van der Waals surface area contributed by atoms with E-state index in [0.717, 1.165) is 25.7 Å². The van der Waals surface area contributed by atoms with E-state index in [2.05, 4.69) is 12.2 Å². The molecule has 1 rings (SSSR count). The number of aliphatic hydroxyl groups excluding tert-OH is 3. The van der Waals surface area contributed by atoms with Gasteiger partial charge in [-0.15, -0.1) is 6.42 Å². The van der Waals surface area contributed by atoms with Gasteiger partial charge in [-0.1, -0.05) is 20.8 Å². The number of hydrogen-bond donors (Lipinski definition) is 3. The van der Waals surface area contributed by atoms with E-state index >= 15 is 0 Å². The van der Waals surface area contributed by atoms with Crippen LogP contribution >= 0.6 is 0 Å². The molecule has 3 unspecified atom stereocenters. The summed E-state index contributed by atoms with van der Waals surface area (Å²) in [6, 6.07) is 0. The van der Waals surface area contributed by atoms with E-state index in [0.29, 0.717) is 0 Å². The Bertz CT molecular complexity index is 304. The van der Waals surface area contributed by atoms with Crippen molar-refractivity contribution >= 4 is 14.3 Å². The van der Waals surface area contributed by atoms with Crippen molar-refractivity contribution < 1.29 is 54.7 Å². The average molecular weight is 550 g/mol. The molecule has 0 saturated heterocycles. The molecular formula is C20H41F3GeO3Zr-. The Morgan fingerprint density at radius 3 is 1.18 bits per heavy atom. The second-order valence-corrected chi connectivity index (χ2v) is 11.7. The van der Waals surface area contributed by atoms with Crippen LogP contribution in [0.4, 0.5) is 13.2 Å². The molecular weight excluding hydrogens is 509 g/mol. The van der Waals surface area contributed by atoms with Crippen molar-refractivity contribution in [2.75, 3.05) is 0 Å². The van der Waals surface area contributed by atoms with Gasteiger partial charge in [0, 0.05) is 26.2 Å². The molecule has 3 nitrogen and oxygen atoms in total. The van der Waals surface area contributed by atoms with Crippen LogP contribution < -0.4 is 0 Å². The van der Waals surface area contributed by atoms with Crippen LogP contribution in [-0.2, 0) is 26.2 Å². The van der Waals surface area contributed by atoms with Gasteiger partial charge in [-0.25, -0.2) is 12.2 Å². The molecule has 0 aromatic rings. The van der Waals surface area contributed by atoms with E-state index in [1.54, 1.807) is 20.8 Å². The monoisotopic (exact) mass is 550 g/mol. The predicted octanol–water partition coefficient (Wildman–Crippen LogP) is 5.48. The largest absolute Gasteiger partial charge is 0 e. The Kier molecular flexibility index (Phi) is 38.5. The fourth-order valence-corrected chi connectivity index (χ4v) is 0.340. The zero-order chi connectivity index (χ0) is 22.5. The van der Waals surface area contributed by atoms with Crippen molar-refractivity contribution in [2.45, 2.75) is 102 Å². The Labute approximate surface area is 194 Å². The molecule has 3 N–H and O–H groups in total. The van der Waals surface area contributed by atoms with Crippen LogP contribution in [0.25, 0.3) is 0 Å². The Hall–Kier alpha value is 0.576. The summed E-state index contributed by atoms with van der Waals surface area (Å²) in [6.07, 6.45) is 12.2. The third-order valence-corrected chi connectivity index (χ3v) is 5.30. The number of allylic oxidation sites excluding steroid dienone is 4. The van der Waals surface area contributed by atoms with Gasteiger partial charge in [-0.2, -0.15) is 6.08 Å². The molecule has 0 aliphatic heterocycles. The minimum Gasteiger partial charge on any atom is 0 e. The summed E-state index contributed by atoms with van der Waals surface area (Å²) in [4.78, 5) is 0. The second kappa shape index (κ2) is 27.6. The molecule has 1 radical (unpaired) electrons. The van der Waals surface area contributed by atoms with Crippen molar-refractivity contribution in [1.82, 2.24) is 0 Å². The topological polar surface area (TPSA) is 60.7 Å². The van der Waals surface area contributed by atoms with Crippen LogP contribution in [0, 0.1) is 6.08 Å². The summed E-state index contributed by atoms with van der Waals surface area (Å²) < 4.78 is 33.8. The van der Waals surface area contributed by atoms with Gasteiger partial charge in [0.15, 0.2) is 0 Å². The first kappa shape index (κ1) is 39.1. The predicted molar refractivity (Wildman–Crippen MR) is 111 cm³/mol.